The van der Waals surface area contributed by atoms with E-state index in [-0.39, 0.29) is 23.4 Å². The number of anilines is 1. The SMILES string of the molecule is C[C@@H]1CNC[C@H]1C(=O)Nc1c(F)cccc1F. The highest BCUT2D eigenvalue weighted by atomic mass is 19.1. The Morgan fingerprint density at radius 1 is 1.35 bits per heavy atom. The molecule has 1 aromatic carbocycles. The molecule has 17 heavy (non-hydrogen) atoms. The molecule has 5 heteroatoms. The number of carbonyl (C=O) groups excluding carboxylic acids is 1. The van der Waals surface area contributed by atoms with Crippen molar-refractivity contribution in [1.82, 2.24) is 5.32 Å². The smallest absolute Gasteiger partial charge is 0.229 e. The fourth-order valence-electron chi connectivity index (χ4n) is 1.99. The Morgan fingerprint density at radius 3 is 2.53 bits per heavy atom. The average Bonchev–Trinajstić information content (AvgIpc) is 2.70. The van der Waals surface area contributed by atoms with Gasteiger partial charge in [-0.1, -0.05) is 13.0 Å². The lowest BCUT2D eigenvalue weighted by molar-refractivity contribution is -0.120. The van der Waals surface area contributed by atoms with Crippen molar-refractivity contribution in [3.63, 3.8) is 0 Å². The van der Waals surface area contributed by atoms with Crippen LogP contribution in [0.5, 0.6) is 0 Å². The van der Waals surface area contributed by atoms with Crippen LogP contribution in [0.2, 0.25) is 0 Å². The normalized spacial score (nSPS) is 23.7. The van der Waals surface area contributed by atoms with Gasteiger partial charge < -0.3 is 10.6 Å². The van der Waals surface area contributed by atoms with E-state index in [0.29, 0.717) is 6.54 Å². The second-order valence-corrected chi connectivity index (χ2v) is 4.33. The molecule has 2 N–H and O–H groups in total. The van der Waals surface area contributed by atoms with Gasteiger partial charge in [0, 0.05) is 6.54 Å². The molecule has 1 fully saturated rings. The zero-order valence-corrected chi connectivity index (χ0v) is 9.47. The van der Waals surface area contributed by atoms with Crippen LogP contribution in [0, 0.1) is 23.5 Å². The van der Waals surface area contributed by atoms with E-state index >= 15 is 0 Å². The van der Waals surface area contributed by atoms with Crippen molar-refractivity contribution in [1.29, 1.82) is 0 Å². The van der Waals surface area contributed by atoms with Gasteiger partial charge in [-0.3, -0.25) is 4.79 Å². The maximum Gasteiger partial charge on any atom is 0.229 e. The second kappa shape index (κ2) is 4.79. The van der Waals surface area contributed by atoms with Crippen molar-refractivity contribution in [3.05, 3.63) is 29.8 Å². The highest BCUT2D eigenvalue weighted by Gasteiger charge is 2.30. The van der Waals surface area contributed by atoms with Gasteiger partial charge in [-0.25, -0.2) is 8.78 Å². The third-order valence-corrected chi connectivity index (χ3v) is 3.07. The summed E-state index contributed by atoms with van der Waals surface area (Å²) in [5, 5.41) is 5.39. The first kappa shape index (κ1) is 12.0. The molecule has 1 heterocycles. The Morgan fingerprint density at radius 2 is 2.00 bits per heavy atom. The van der Waals surface area contributed by atoms with Crippen LogP contribution >= 0.6 is 0 Å². The summed E-state index contributed by atoms with van der Waals surface area (Å²) < 4.78 is 26.6. The van der Waals surface area contributed by atoms with E-state index in [4.69, 9.17) is 0 Å². The average molecular weight is 240 g/mol. The minimum Gasteiger partial charge on any atom is -0.321 e. The predicted octanol–water partition coefficient (Wildman–Crippen LogP) is 1.76. The lowest BCUT2D eigenvalue weighted by atomic mass is 9.97. The zero-order chi connectivity index (χ0) is 12.4. The van der Waals surface area contributed by atoms with Crippen LogP contribution in [0.3, 0.4) is 0 Å². The maximum absolute atomic E-state index is 13.3. The third-order valence-electron chi connectivity index (χ3n) is 3.07. The predicted molar refractivity (Wildman–Crippen MR) is 60.5 cm³/mol. The summed E-state index contributed by atoms with van der Waals surface area (Å²) in [7, 11) is 0. The Bertz CT molecular complexity index is 416. The number of carbonyl (C=O) groups is 1. The molecule has 2 rings (SSSR count). The first-order valence-corrected chi connectivity index (χ1v) is 5.55. The van der Waals surface area contributed by atoms with Crippen molar-refractivity contribution in [2.24, 2.45) is 11.8 Å². The number of benzene rings is 1. The van der Waals surface area contributed by atoms with Crippen molar-refractivity contribution < 1.29 is 13.6 Å². The monoisotopic (exact) mass is 240 g/mol. The van der Waals surface area contributed by atoms with E-state index in [9.17, 15) is 13.6 Å². The van der Waals surface area contributed by atoms with Crippen LogP contribution in [0.15, 0.2) is 18.2 Å². The molecule has 0 aromatic heterocycles. The van der Waals surface area contributed by atoms with Crippen LogP contribution in [0.4, 0.5) is 14.5 Å². The Balaban J connectivity index is 2.13. The van der Waals surface area contributed by atoms with Crippen LogP contribution < -0.4 is 10.6 Å². The van der Waals surface area contributed by atoms with Gasteiger partial charge in [-0.2, -0.15) is 0 Å². The molecule has 0 unspecified atom stereocenters. The van der Waals surface area contributed by atoms with Crippen LogP contribution in [-0.2, 0) is 4.79 Å². The molecule has 0 spiro atoms. The molecule has 1 aromatic rings. The molecule has 0 aliphatic carbocycles. The van der Waals surface area contributed by atoms with Crippen molar-refractivity contribution in [2.75, 3.05) is 18.4 Å². The number of nitrogens with one attached hydrogen (secondary N) is 2. The van der Waals surface area contributed by atoms with E-state index in [1.807, 2.05) is 6.92 Å². The van der Waals surface area contributed by atoms with E-state index < -0.39 is 11.6 Å². The van der Waals surface area contributed by atoms with Gasteiger partial charge in [-0.15, -0.1) is 0 Å². The largest absolute Gasteiger partial charge is 0.321 e. The lowest BCUT2D eigenvalue weighted by Crippen LogP contribution is -2.28. The molecule has 3 nitrogen and oxygen atoms in total. The van der Waals surface area contributed by atoms with Crippen LogP contribution in [-0.4, -0.2) is 19.0 Å². The van der Waals surface area contributed by atoms with Crippen LogP contribution in [0.25, 0.3) is 0 Å². The number of hydrogen-bond donors (Lipinski definition) is 2. The van der Waals surface area contributed by atoms with Gasteiger partial charge in [0.25, 0.3) is 0 Å². The number of para-hydroxylation sites is 1. The first-order chi connectivity index (χ1) is 8.09. The fourth-order valence-corrected chi connectivity index (χ4v) is 1.99. The van der Waals surface area contributed by atoms with Crippen molar-refractivity contribution in [3.8, 4) is 0 Å². The summed E-state index contributed by atoms with van der Waals surface area (Å²) in [6.07, 6.45) is 0. The first-order valence-electron chi connectivity index (χ1n) is 5.55. The van der Waals surface area contributed by atoms with E-state index in [1.165, 1.54) is 6.07 Å². The molecule has 1 aliphatic heterocycles. The molecule has 1 saturated heterocycles. The van der Waals surface area contributed by atoms with Gasteiger partial charge in [0.2, 0.25) is 5.91 Å². The second-order valence-electron chi connectivity index (χ2n) is 4.33. The van der Waals surface area contributed by atoms with Gasteiger partial charge in [0.15, 0.2) is 0 Å². The molecule has 0 bridgehead atoms. The Kier molecular flexibility index (Phi) is 3.38. The third kappa shape index (κ3) is 2.44. The van der Waals surface area contributed by atoms with Gasteiger partial charge in [0.1, 0.15) is 17.3 Å². The van der Waals surface area contributed by atoms with Gasteiger partial charge in [-0.05, 0) is 24.6 Å². The summed E-state index contributed by atoms with van der Waals surface area (Å²) in [5.41, 5.74) is -0.364. The quantitative estimate of drug-likeness (QED) is 0.827. The van der Waals surface area contributed by atoms with Gasteiger partial charge in [0.05, 0.1) is 5.92 Å². The summed E-state index contributed by atoms with van der Waals surface area (Å²) in [4.78, 5) is 11.8. The standard InChI is InChI=1S/C12H14F2N2O/c1-7-5-15-6-8(7)12(17)16-11-9(13)3-2-4-10(11)14/h2-4,7-8,15H,5-6H2,1H3,(H,16,17)/t7-,8-/m1/s1. The highest BCUT2D eigenvalue weighted by molar-refractivity contribution is 5.93. The molecule has 0 saturated carbocycles. The highest BCUT2D eigenvalue weighted by Crippen LogP contribution is 2.22. The summed E-state index contributed by atoms with van der Waals surface area (Å²) in [5.74, 6) is -1.92. The maximum atomic E-state index is 13.3. The summed E-state index contributed by atoms with van der Waals surface area (Å²) in [6.45, 7) is 3.23. The topological polar surface area (TPSA) is 41.1 Å². The molecule has 1 amide bonds. The Labute approximate surface area is 98.2 Å². The van der Waals surface area contributed by atoms with Crippen molar-refractivity contribution in [2.45, 2.75) is 6.92 Å². The van der Waals surface area contributed by atoms with Gasteiger partial charge >= 0.3 is 0 Å². The van der Waals surface area contributed by atoms with E-state index in [1.54, 1.807) is 0 Å². The number of hydrogen-bond acceptors (Lipinski definition) is 2. The number of halogens is 2. The molecule has 92 valence electrons. The number of amides is 1. The molecule has 2 atom stereocenters. The molecular weight excluding hydrogens is 226 g/mol. The molecule has 1 aliphatic rings. The van der Waals surface area contributed by atoms with Crippen molar-refractivity contribution >= 4 is 11.6 Å². The number of rotatable bonds is 2. The summed E-state index contributed by atoms with van der Waals surface area (Å²) >= 11 is 0. The molecular formula is C12H14F2N2O. The fraction of sp³-hybridized carbons (Fsp3) is 0.417. The van der Waals surface area contributed by atoms with E-state index in [2.05, 4.69) is 10.6 Å². The summed E-state index contributed by atoms with van der Waals surface area (Å²) in [6, 6.07) is 3.50. The van der Waals surface area contributed by atoms with Crippen LogP contribution in [0.1, 0.15) is 6.92 Å². The minimum atomic E-state index is -0.753. The molecule has 0 radical (unpaired) electrons. The Hall–Kier alpha value is -1.49. The lowest BCUT2D eigenvalue weighted by Gasteiger charge is -2.14. The van der Waals surface area contributed by atoms with E-state index in [0.717, 1.165) is 18.7 Å². The zero-order valence-electron chi connectivity index (χ0n) is 9.47. The minimum absolute atomic E-state index is 0.171.